The standard InChI is InChI=1S/C11H16N2O/c1-9-12-7-10(8-13-9)11(2)3-5-14-6-4-11/h7-8H,3-6H2,1-2H3. The molecule has 1 aromatic heterocycles. The second kappa shape index (κ2) is 3.65. The first-order valence-electron chi connectivity index (χ1n) is 5.08. The minimum atomic E-state index is 0.214. The van der Waals surface area contributed by atoms with Crippen molar-refractivity contribution in [3.63, 3.8) is 0 Å². The highest BCUT2D eigenvalue weighted by Crippen LogP contribution is 2.33. The lowest BCUT2D eigenvalue weighted by Crippen LogP contribution is -2.30. The van der Waals surface area contributed by atoms with E-state index < -0.39 is 0 Å². The van der Waals surface area contributed by atoms with Gasteiger partial charge in [0, 0.05) is 25.6 Å². The third kappa shape index (κ3) is 1.77. The highest BCUT2D eigenvalue weighted by atomic mass is 16.5. The second-order valence-electron chi connectivity index (χ2n) is 4.19. The molecule has 0 radical (unpaired) electrons. The van der Waals surface area contributed by atoms with E-state index in [1.807, 2.05) is 19.3 Å². The van der Waals surface area contributed by atoms with E-state index in [9.17, 15) is 0 Å². The van der Waals surface area contributed by atoms with Crippen LogP contribution in [-0.2, 0) is 10.2 Å². The molecule has 1 saturated heterocycles. The number of rotatable bonds is 1. The fourth-order valence-corrected chi connectivity index (χ4v) is 1.81. The lowest BCUT2D eigenvalue weighted by atomic mass is 9.77. The molecule has 1 aromatic rings. The van der Waals surface area contributed by atoms with Crippen LogP contribution in [0, 0.1) is 6.92 Å². The first kappa shape index (κ1) is 9.59. The minimum Gasteiger partial charge on any atom is -0.381 e. The quantitative estimate of drug-likeness (QED) is 0.681. The van der Waals surface area contributed by atoms with Gasteiger partial charge >= 0.3 is 0 Å². The maximum atomic E-state index is 5.37. The Morgan fingerprint density at radius 1 is 1.21 bits per heavy atom. The van der Waals surface area contributed by atoms with Gasteiger partial charge in [-0.15, -0.1) is 0 Å². The first-order valence-corrected chi connectivity index (χ1v) is 5.08. The summed E-state index contributed by atoms with van der Waals surface area (Å²) < 4.78 is 5.37. The van der Waals surface area contributed by atoms with Crippen LogP contribution in [0.3, 0.4) is 0 Å². The summed E-state index contributed by atoms with van der Waals surface area (Å²) in [6.07, 6.45) is 6.04. The second-order valence-corrected chi connectivity index (χ2v) is 4.19. The van der Waals surface area contributed by atoms with Crippen LogP contribution in [-0.4, -0.2) is 23.2 Å². The number of nitrogens with zero attached hydrogens (tertiary/aromatic N) is 2. The maximum absolute atomic E-state index is 5.37. The van der Waals surface area contributed by atoms with Crippen molar-refractivity contribution in [3.8, 4) is 0 Å². The van der Waals surface area contributed by atoms with Crippen LogP contribution >= 0.6 is 0 Å². The van der Waals surface area contributed by atoms with Gasteiger partial charge in [-0.05, 0) is 30.7 Å². The van der Waals surface area contributed by atoms with Crippen LogP contribution in [0.4, 0.5) is 0 Å². The molecule has 1 aliphatic rings. The van der Waals surface area contributed by atoms with Crippen LogP contribution < -0.4 is 0 Å². The van der Waals surface area contributed by atoms with Gasteiger partial charge in [0.05, 0.1) is 0 Å². The summed E-state index contributed by atoms with van der Waals surface area (Å²) in [6, 6.07) is 0. The molecule has 0 spiro atoms. The summed E-state index contributed by atoms with van der Waals surface area (Å²) in [5.41, 5.74) is 1.46. The van der Waals surface area contributed by atoms with Gasteiger partial charge < -0.3 is 4.74 Å². The van der Waals surface area contributed by atoms with Crippen molar-refractivity contribution in [2.75, 3.05) is 13.2 Å². The Morgan fingerprint density at radius 2 is 1.79 bits per heavy atom. The monoisotopic (exact) mass is 192 g/mol. The van der Waals surface area contributed by atoms with Crippen molar-refractivity contribution >= 4 is 0 Å². The highest BCUT2D eigenvalue weighted by Gasteiger charge is 2.29. The molecule has 2 rings (SSSR count). The predicted molar refractivity (Wildman–Crippen MR) is 54.2 cm³/mol. The fraction of sp³-hybridized carbons (Fsp3) is 0.636. The van der Waals surface area contributed by atoms with Gasteiger partial charge in [0.2, 0.25) is 0 Å². The van der Waals surface area contributed by atoms with E-state index in [1.54, 1.807) is 0 Å². The van der Waals surface area contributed by atoms with E-state index in [0.29, 0.717) is 0 Å². The number of aromatic nitrogens is 2. The Balaban J connectivity index is 2.23. The number of hydrogen-bond donors (Lipinski definition) is 0. The van der Waals surface area contributed by atoms with Gasteiger partial charge in [-0.2, -0.15) is 0 Å². The van der Waals surface area contributed by atoms with E-state index in [4.69, 9.17) is 4.74 Å². The normalized spacial score (nSPS) is 20.7. The van der Waals surface area contributed by atoms with Crippen LogP contribution in [0.25, 0.3) is 0 Å². The Labute approximate surface area is 84.5 Å². The van der Waals surface area contributed by atoms with E-state index in [0.717, 1.165) is 31.9 Å². The van der Waals surface area contributed by atoms with E-state index in [1.165, 1.54) is 5.56 Å². The van der Waals surface area contributed by atoms with Gasteiger partial charge in [-0.1, -0.05) is 6.92 Å². The highest BCUT2D eigenvalue weighted by molar-refractivity contribution is 5.18. The average molecular weight is 192 g/mol. The molecule has 1 aliphatic heterocycles. The molecule has 14 heavy (non-hydrogen) atoms. The SMILES string of the molecule is Cc1ncc(C2(C)CCOCC2)cn1. The Hall–Kier alpha value is -0.960. The largest absolute Gasteiger partial charge is 0.381 e. The van der Waals surface area contributed by atoms with E-state index in [2.05, 4.69) is 16.9 Å². The lowest BCUT2D eigenvalue weighted by Gasteiger charge is -2.33. The summed E-state index contributed by atoms with van der Waals surface area (Å²) in [4.78, 5) is 8.50. The lowest BCUT2D eigenvalue weighted by molar-refractivity contribution is 0.0562. The van der Waals surface area contributed by atoms with Crippen molar-refractivity contribution in [3.05, 3.63) is 23.8 Å². The fourth-order valence-electron chi connectivity index (χ4n) is 1.81. The molecule has 0 saturated carbocycles. The summed E-state index contributed by atoms with van der Waals surface area (Å²) in [6.45, 7) is 5.88. The maximum Gasteiger partial charge on any atom is 0.125 e. The molecule has 76 valence electrons. The molecule has 0 unspecified atom stereocenters. The van der Waals surface area contributed by atoms with E-state index in [-0.39, 0.29) is 5.41 Å². The van der Waals surface area contributed by atoms with Crippen LogP contribution in [0.2, 0.25) is 0 Å². The molecular formula is C11H16N2O. The molecule has 0 N–H and O–H groups in total. The molecule has 0 amide bonds. The molecule has 1 fully saturated rings. The molecule has 0 aliphatic carbocycles. The van der Waals surface area contributed by atoms with Crippen molar-refractivity contribution in [1.82, 2.24) is 9.97 Å². The zero-order valence-corrected chi connectivity index (χ0v) is 8.79. The van der Waals surface area contributed by atoms with Crippen molar-refractivity contribution in [2.45, 2.75) is 32.1 Å². The molecular weight excluding hydrogens is 176 g/mol. The zero-order chi connectivity index (χ0) is 10.0. The Bertz CT molecular complexity index is 302. The molecule has 0 atom stereocenters. The summed E-state index contributed by atoms with van der Waals surface area (Å²) >= 11 is 0. The van der Waals surface area contributed by atoms with Crippen molar-refractivity contribution in [2.24, 2.45) is 0 Å². The Morgan fingerprint density at radius 3 is 2.36 bits per heavy atom. The van der Waals surface area contributed by atoms with E-state index >= 15 is 0 Å². The topological polar surface area (TPSA) is 35.0 Å². The zero-order valence-electron chi connectivity index (χ0n) is 8.79. The number of ether oxygens (including phenoxy) is 1. The van der Waals surface area contributed by atoms with Crippen LogP contribution in [0.15, 0.2) is 12.4 Å². The molecule has 3 nitrogen and oxygen atoms in total. The number of hydrogen-bond acceptors (Lipinski definition) is 3. The average Bonchev–Trinajstić information content (AvgIpc) is 2.19. The third-order valence-corrected chi connectivity index (χ3v) is 3.07. The van der Waals surface area contributed by atoms with Crippen molar-refractivity contribution in [1.29, 1.82) is 0 Å². The molecule has 0 bridgehead atoms. The molecule has 3 heteroatoms. The van der Waals surface area contributed by atoms with Crippen LogP contribution in [0.1, 0.15) is 31.2 Å². The van der Waals surface area contributed by atoms with Crippen LogP contribution in [0.5, 0.6) is 0 Å². The number of aryl methyl sites for hydroxylation is 1. The molecule has 0 aromatic carbocycles. The molecule has 2 heterocycles. The minimum absolute atomic E-state index is 0.214. The van der Waals surface area contributed by atoms with Gasteiger partial charge in [0.1, 0.15) is 5.82 Å². The summed E-state index contributed by atoms with van der Waals surface area (Å²) in [7, 11) is 0. The van der Waals surface area contributed by atoms with Gasteiger partial charge in [-0.3, -0.25) is 0 Å². The predicted octanol–water partition coefficient (Wildman–Crippen LogP) is 1.85. The van der Waals surface area contributed by atoms with Gasteiger partial charge in [0.15, 0.2) is 0 Å². The summed E-state index contributed by atoms with van der Waals surface area (Å²) in [5.74, 6) is 0.837. The smallest absolute Gasteiger partial charge is 0.125 e. The third-order valence-electron chi connectivity index (χ3n) is 3.07. The van der Waals surface area contributed by atoms with Gasteiger partial charge in [-0.25, -0.2) is 9.97 Å². The summed E-state index contributed by atoms with van der Waals surface area (Å²) in [5, 5.41) is 0. The first-order chi connectivity index (χ1) is 6.71. The van der Waals surface area contributed by atoms with Crippen molar-refractivity contribution < 1.29 is 4.74 Å². The Kier molecular flexibility index (Phi) is 2.50. The van der Waals surface area contributed by atoms with Gasteiger partial charge in [0.25, 0.3) is 0 Å².